The summed E-state index contributed by atoms with van der Waals surface area (Å²) < 4.78 is 0.784. The predicted octanol–water partition coefficient (Wildman–Crippen LogP) is 1.54. The van der Waals surface area contributed by atoms with E-state index in [4.69, 9.17) is 5.11 Å². The maximum atomic E-state index is 10.1. The molecule has 1 heterocycles. The van der Waals surface area contributed by atoms with E-state index in [2.05, 4.69) is 25.9 Å². The Labute approximate surface area is 83.5 Å². The average Bonchev–Trinajstić information content (AvgIpc) is 2.08. The van der Waals surface area contributed by atoms with Gasteiger partial charge in [-0.1, -0.05) is 0 Å². The van der Waals surface area contributed by atoms with E-state index in [1.54, 1.807) is 12.4 Å². The van der Waals surface area contributed by atoms with Crippen molar-refractivity contribution in [3.8, 4) is 0 Å². The lowest BCUT2D eigenvalue weighted by Gasteiger charge is -1.86. The highest BCUT2D eigenvalue weighted by molar-refractivity contribution is 9.10. The number of nitrogens with zero attached hydrogens (tertiary/aromatic N) is 2. The molecule has 1 aromatic heterocycles. The molecule has 0 fully saturated rings. The third-order valence-electron chi connectivity index (χ3n) is 1.12. The van der Waals surface area contributed by atoms with Crippen molar-refractivity contribution in [3.63, 3.8) is 0 Å². The summed E-state index contributed by atoms with van der Waals surface area (Å²) in [5.41, 5.74) is 0. The van der Waals surface area contributed by atoms with Crippen molar-refractivity contribution >= 4 is 28.0 Å². The van der Waals surface area contributed by atoms with Crippen molar-refractivity contribution < 1.29 is 9.90 Å². The molecule has 1 aromatic rings. The van der Waals surface area contributed by atoms with Crippen LogP contribution in [0.1, 0.15) is 5.82 Å². The predicted molar refractivity (Wildman–Crippen MR) is 50.7 cm³/mol. The Balaban J connectivity index is 2.59. The van der Waals surface area contributed by atoms with Gasteiger partial charge in [0.05, 0.1) is 4.47 Å². The van der Waals surface area contributed by atoms with Crippen LogP contribution >= 0.6 is 15.9 Å². The number of carbonyl (C=O) groups is 1. The van der Waals surface area contributed by atoms with Crippen LogP contribution in [-0.2, 0) is 4.79 Å². The Hall–Kier alpha value is -1.36. The first-order valence-corrected chi connectivity index (χ1v) is 4.19. The molecule has 66 valence electrons. The van der Waals surface area contributed by atoms with Gasteiger partial charge in [-0.2, -0.15) is 0 Å². The minimum Gasteiger partial charge on any atom is -0.463 e. The highest BCUT2D eigenvalue weighted by atomic mass is 79.9. The molecule has 0 saturated carbocycles. The third-order valence-corrected chi connectivity index (χ3v) is 1.53. The number of hydrogen-bond acceptors (Lipinski definition) is 3. The van der Waals surface area contributed by atoms with Gasteiger partial charge in [-0.25, -0.2) is 14.8 Å². The standard InChI is InChI=1S/C8H5BrN2O2/c9-6-4-10-7(11-5-6)2-1-3-8(12)13/h1-5H/p+1. The normalized spacial score (nSPS) is 10.2. The van der Waals surface area contributed by atoms with Gasteiger partial charge >= 0.3 is 5.97 Å². The molecule has 13 heavy (non-hydrogen) atoms. The van der Waals surface area contributed by atoms with Crippen molar-refractivity contribution in [1.82, 2.24) is 9.97 Å². The van der Waals surface area contributed by atoms with Gasteiger partial charge in [0.1, 0.15) is 12.2 Å². The molecular formula is C8H6BrN2O2+. The van der Waals surface area contributed by atoms with Crippen LogP contribution in [0.15, 0.2) is 22.9 Å². The zero-order valence-electron chi connectivity index (χ0n) is 6.51. The van der Waals surface area contributed by atoms with Crippen LogP contribution in [-0.4, -0.2) is 21.0 Å². The quantitative estimate of drug-likeness (QED) is 0.816. The van der Waals surface area contributed by atoms with Gasteiger partial charge in [0.25, 0.3) is 0 Å². The molecule has 0 aliphatic heterocycles. The molecule has 0 bridgehead atoms. The van der Waals surface area contributed by atoms with Crippen molar-refractivity contribution in [2.75, 3.05) is 0 Å². The van der Waals surface area contributed by atoms with Gasteiger partial charge in [0, 0.05) is 12.4 Å². The van der Waals surface area contributed by atoms with E-state index in [0.717, 1.165) is 10.9 Å². The second-order valence-corrected chi connectivity index (χ2v) is 3.04. The Bertz CT molecular complexity index is 321. The molecule has 0 atom stereocenters. The molecule has 5 heteroatoms. The van der Waals surface area contributed by atoms with Crippen LogP contribution in [0.4, 0.5) is 0 Å². The fraction of sp³-hybridized carbons (Fsp3) is 0. The zero-order valence-corrected chi connectivity index (χ0v) is 8.10. The van der Waals surface area contributed by atoms with Crippen LogP contribution < -0.4 is 0 Å². The summed E-state index contributed by atoms with van der Waals surface area (Å²) in [5.74, 6) is -0.519. The molecular weight excluding hydrogens is 236 g/mol. The number of carboxylic acids is 1. The minimum absolute atomic E-state index is 0.473. The first-order chi connectivity index (χ1) is 6.18. The lowest BCUT2D eigenvalue weighted by atomic mass is 10.4. The second-order valence-electron chi connectivity index (χ2n) is 2.12. The molecule has 0 spiro atoms. The van der Waals surface area contributed by atoms with Crippen molar-refractivity contribution in [1.29, 1.82) is 0 Å². The summed E-state index contributed by atoms with van der Waals surface area (Å²) in [5, 5.41) is 8.28. The first-order valence-electron chi connectivity index (χ1n) is 3.40. The van der Waals surface area contributed by atoms with Crippen LogP contribution in [0.3, 0.4) is 0 Å². The molecule has 0 radical (unpaired) electrons. The Morgan fingerprint density at radius 1 is 1.54 bits per heavy atom. The SMILES string of the molecule is O=C(O)[CH+]C=Cc1ncc(Br)cn1. The lowest BCUT2D eigenvalue weighted by Crippen LogP contribution is -1.91. The second kappa shape index (κ2) is 4.61. The Morgan fingerprint density at radius 2 is 2.15 bits per heavy atom. The maximum Gasteiger partial charge on any atom is 0.413 e. The maximum absolute atomic E-state index is 10.1. The van der Waals surface area contributed by atoms with Crippen LogP contribution in [0.2, 0.25) is 0 Å². The number of hydrogen-bond donors (Lipinski definition) is 1. The van der Waals surface area contributed by atoms with Crippen molar-refractivity contribution in [2.24, 2.45) is 0 Å². The van der Waals surface area contributed by atoms with Gasteiger partial charge in [-0.05, 0) is 15.9 Å². The summed E-state index contributed by atoms with van der Waals surface area (Å²) in [6.45, 7) is 0. The van der Waals surface area contributed by atoms with E-state index in [1.165, 1.54) is 12.2 Å². The molecule has 0 aliphatic carbocycles. The summed E-state index contributed by atoms with van der Waals surface area (Å²) in [6, 6.07) is 0. The average molecular weight is 242 g/mol. The van der Waals surface area contributed by atoms with Gasteiger partial charge in [0.2, 0.25) is 5.82 Å². The minimum atomic E-state index is -0.992. The summed E-state index contributed by atoms with van der Waals surface area (Å²) in [7, 11) is 0. The largest absolute Gasteiger partial charge is 0.463 e. The van der Waals surface area contributed by atoms with E-state index in [9.17, 15) is 4.79 Å². The smallest absolute Gasteiger partial charge is 0.413 e. The fourth-order valence-electron chi connectivity index (χ4n) is 0.625. The Morgan fingerprint density at radius 3 is 2.69 bits per heavy atom. The first kappa shape index (κ1) is 9.73. The van der Waals surface area contributed by atoms with Crippen molar-refractivity contribution in [3.05, 3.63) is 35.2 Å². The molecule has 0 unspecified atom stereocenters. The highest BCUT2D eigenvalue weighted by Gasteiger charge is 2.01. The van der Waals surface area contributed by atoms with Crippen LogP contribution in [0, 0.1) is 6.42 Å². The van der Waals surface area contributed by atoms with E-state index >= 15 is 0 Å². The number of carboxylic acid groups (broad SMARTS) is 1. The van der Waals surface area contributed by atoms with Crippen LogP contribution in [0.25, 0.3) is 6.08 Å². The lowest BCUT2D eigenvalue weighted by molar-refractivity contribution is -0.132. The van der Waals surface area contributed by atoms with Crippen molar-refractivity contribution in [2.45, 2.75) is 0 Å². The molecule has 1 N–H and O–H groups in total. The molecule has 0 aromatic carbocycles. The summed E-state index contributed by atoms with van der Waals surface area (Å²) in [4.78, 5) is 17.9. The Kier molecular flexibility index (Phi) is 3.45. The van der Waals surface area contributed by atoms with Gasteiger partial charge in [0.15, 0.2) is 6.42 Å². The fourth-order valence-corrected chi connectivity index (χ4v) is 0.830. The van der Waals surface area contributed by atoms with Crippen LogP contribution in [0.5, 0.6) is 0 Å². The molecule has 1 rings (SSSR count). The number of rotatable bonds is 3. The molecule has 0 saturated heterocycles. The monoisotopic (exact) mass is 241 g/mol. The molecule has 0 aliphatic rings. The number of aromatic nitrogens is 2. The molecule has 0 amide bonds. The third kappa shape index (κ3) is 3.71. The number of aliphatic carboxylic acids is 1. The van der Waals surface area contributed by atoms with E-state index < -0.39 is 5.97 Å². The van der Waals surface area contributed by atoms with Gasteiger partial charge in [-0.3, -0.25) is 0 Å². The van der Waals surface area contributed by atoms with Gasteiger partial charge < -0.3 is 5.11 Å². The van der Waals surface area contributed by atoms with E-state index in [0.29, 0.717) is 5.82 Å². The van der Waals surface area contributed by atoms with E-state index in [-0.39, 0.29) is 0 Å². The topological polar surface area (TPSA) is 63.1 Å². The molecule has 4 nitrogen and oxygen atoms in total. The summed E-state index contributed by atoms with van der Waals surface area (Å²) in [6.07, 6.45) is 7.10. The van der Waals surface area contributed by atoms with E-state index in [1.807, 2.05) is 0 Å². The summed E-state index contributed by atoms with van der Waals surface area (Å²) >= 11 is 3.19. The van der Waals surface area contributed by atoms with Gasteiger partial charge in [-0.15, -0.1) is 0 Å². The highest BCUT2D eigenvalue weighted by Crippen LogP contribution is 2.05. The zero-order chi connectivity index (χ0) is 9.68. The number of halogens is 1.